The first-order valence-corrected chi connectivity index (χ1v) is 8.43. The van der Waals surface area contributed by atoms with E-state index < -0.39 is 0 Å². The second-order valence-corrected chi connectivity index (χ2v) is 6.65. The zero-order valence-electron chi connectivity index (χ0n) is 14.3. The van der Waals surface area contributed by atoms with Crippen LogP contribution in [0.2, 0.25) is 0 Å². The monoisotopic (exact) mass is 289 g/mol. The molecule has 21 heavy (non-hydrogen) atoms. The molecular formula is C19H31NO. The summed E-state index contributed by atoms with van der Waals surface area (Å²) in [5, 5.41) is 3.58. The maximum atomic E-state index is 5.68. The Kier molecular flexibility index (Phi) is 5.69. The summed E-state index contributed by atoms with van der Waals surface area (Å²) in [5.74, 6) is 2.72. The van der Waals surface area contributed by atoms with E-state index in [1.54, 1.807) is 7.11 Å². The zero-order valence-corrected chi connectivity index (χ0v) is 14.3. The average Bonchev–Trinajstić information content (AvgIpc) is 2.50. The van der Waals surface area contributed by atoms with Crippen LogP contribution in [0, 0.1) is 25.7 Å². The molecule has 2 nitrogen and oxygen atoms in total. The van der Waals surface area contributed by atoms with Crippen molar-refractivity contribution in [1.29, 1.82) is 0 Å². The Bertz CT molecular complexity index is 461. The van der Waals surface area contributed by atoms with Crippen LogP contribution in [0.25, 0.3) is 0 Å². The number of benzene rings is 1. The van der Waals surface area contributed by atoms with Crippen molar-refractivity contribution in [3.63, 3.8) is 0 Å². The van der Waals surface area contributed by atoms with E-state index in [0.29, 0.717) is 6.04 Å². The van der Waals surface area contributed by atoms with E-state index in [2.05, 4.69) is 45.3 Å². The molecule has 2 heteroatoms. The summed E-state index contributed by atoms with van der Waals surface area (Å²) in [6.45, 7) is 6.68. The molecule has 1 atom stereocenters. The molecule has 0 saturated heterocycles. The minimum Gasteiger partial charge on any atom is -0.496 e. The highest BCUT2D eigenvalue weighted by molar-refractivity contribution is 5.45. The van der Waals surface area contributed by atoms with Gasteiger partial charge in [0.05, 0.1) is 7.11 Å². The maximum absolute atomic E-state index is 5.68. The van der Waals surface area contributed by atoms with Gasteiger partial charge in [-0.25, -0.2) is 0 Å². The molecule has 0 spiro atoms. The van der Waals surface area contributed by atoms with Crippen molar-refractivity contribution in [1.82, 2.24) is 5.32 Å². The van der Waals surface area contributed by atoms with Gasteiger partial charge in [-0.3, -0.25) is 0 Å². The van der Waals surface area contributed by atoms with Gasteiger partial charge in [-0.2, -0.15) is 0 Å². The molecule has 1 aromatic rings. The largest absolute Gasteiger partial charge is 0.496 e. The van der Waals surface area contributed by atoms with E-state index in [0.717, 1.165) is 17.6 Å². The molecule has 1 aliphatic carbocycles. The van der Waals surface area contributed by atoms with Gasteiger partial charge in [0.15, 0.2) is 0 Å². The lowest BCUT2D eigenvalue weighted by Gasteiger charge is -2.35. The topological polar surface area (TPSA) is 21.3 Å². The Hall–Kier alpha value is -1.02. The van der Waals surface area contributed by atoms with Gasteiger partial charge in [-0.05, 0) is 62.8 Å². The summed E-state index contributed by atoms with van der Waals surface area (Å²) in [6.07, 6.45) is 6.77. The molecule has 1 unspecified atom stereocenters. The molecule has 1 saturated carbocycles. The summed E-state index contributed by atoms with van der Waals surface area (Å²) < 4.78 is 5.68. The fourth-order valence-corrected chi connectivity index (χ4v) is 4.05. The van der Waals surface area contributed by atoms with Crippen molar-refractivity contribution in [3.8, 4) is 5.75 Å². The van der Waals surface area contributed by atoms with Crippen LogP contribution in [0.1, 0.15) is 61.8 Å². The molecular weight excluding hydrogens is 258 g/mol. The second kappa shape index (κ2) is 7.31. The Morgan fingerprint density at radius 1 is 1.19 bits per heavy atom. The zero-order chi connectivity index (χ0) is 15.4. The Labute approximate surface area is 130 Å². The van der Waals surface area contributed by atoms with Crippen LogP contribution in [0.15, 0.2) is 12.1 Å². The van der Waals surface area contributed by atoms with Crippen LogP contribution in [0.3, 0.4) is 0 Å². The smallest absolute Gasteiger partial charge is 0.124 e. The third-order valence-corrected chi connectivity index (χ3v) is 5.28. The summed E-state index contributed by atoms with van der Waals surface area (Å²) in [4.78, 5) is 0. The standard InChI is InChI=1S/C19H31NO/c1-6-15-7-9-16(10-8-15)19(20-4)18-14(3)11-13(2)12-17(18)21-5/h11-12,15-16,19-20H,6-10H2,1-5H3. The van der Waals surface area contributed by atoms with E-state index in [-0.39, 0.29) is 0 Å². The van der Waals surface area contributed by atoms with Crippen LogP contribution in [0.5, 0.6) is 5.75 Å². The Balaban J connectivity index is 2.26. The number of methoxy groups -OCH3 is 1. The Morgan fingerprint density at radius 2 is 1.86 bits per heavy atom. The van der Waals surface area contributed by atoms with Gasteiger partial charge in [0.1, 0.15) is 5.75 Å². The fraction of sp³-hybridized carbons (Fsp3) is 0.684. The lowest BCUT2D eigenvalue weighted by molar-refractivity contribution is 0.221. The molecule has 118 valence electrons. The lowest BCUT2D eigenvalue weighted by atomic mass is 9.75. The molecule has 0 radical (unpaired) electrons. The van der Waals surface area contributed by atoms with E-state index in [1.165, 1.54) is 48.8 Å². The summed E-state index contributed by atoms with van der Waals surface area (Å²) in [6, 6.07) is 4.86. The van der Waals surface area contributed by atoms with Crippen LogP contribution < -0.4 is 10.1 Å². The molecule has 0 amide bonds. The quantitative estimate of drug-likeness (QED) is 0.841. The van der Waals surface area contributed by atoms with Gasteiger partial charge in [-0.1, -0.05) is 32.3 Å². The van der Waals surface area contributed by atoms with Gasteiger partial charge in [0, 0.05) is 11.6 Å². The first-order valence-electron chi connectivity index (χ1n) is 8.43. The molecule has 1 N–H and O–H groups in total. The lowest BCUT2D eigenvalue weighted by Crippen LogP contribution is -2.29. The van der Waals surface area contributed by atoms with Gasteiger partial charge >= 0.3 is 0 Å². The molecule has 0 aromatic heterocycles. The van der Waals surface area contributed by atoms with Crippen molar-refractivity contribution in [2.75, 3.05) is 14.2 Å². The fourth-order valence-electron chi connectivity index (χ4n) is 4.05. The van der Waals surface area contributed by atoms with Gasteiger partial charge in [-0.15, -0.1) is 0 Å². The van der Waals surface area contributed by atoms with Crippen molar-refractivity contribution in [2.24, 2.45) is 11.8 Å². The molecule has 1 aromatic carbocycles. The highest BCUT2D eigenvalue weighted by atomic mass is 16.5. The van der Waals surface area contributed by atoms with E-state index in [1.807, 2.05) is 0 Å². The van der Waals surface area contributed by atoms with E-state index in [9.17, 15) is 0 Å². The molecule has 2 rings (SSSR count). The first kappa shape index (κ1) is 16.4. The number of hydrogen-bond donors (Lipinski definition) is 1. The number of aryl methyl sites for hydroxylation is 2. The summed E-state index contributed by atoms with van der Waals surface area (Å²) >= 11 is 0. The predicted octanol–water partition coefficient (Wildman–Crippen LogP) is 4.79. The maximum Gasteiger partial charge on any atom is 0.124 e. The van der Waals surface area contributed by atoms with Crippen molar-refractivity contribution in [3.05, 3.63) is 28.8 Å². The minimum atomic E-state index is 0.415. The average molecular weight is 289 g/mol. The second-order valence-electron chi connectivity index (χ2n) is 6.65. The van der Waals surface area contributed by atoms with Crippen molar-refractivity contribution < 1.29 is 4.74 Å². The first-order chi connectivity index (χ1) is 10.1. The highest BCUT2D eigenvalue weighted by Crippen LogP contribution is 2.41. The van der Waals surface area contributed by atoms with Crippen molar-refractivity contribution in [2.45, 2.75) is 58.9 Å². The molecule has 0 heterocycles. The number of hydrogen-bond acceptors (Lipinski definition) is 2. The molecule has 0 aliphatic heterocycles. The van der Waals surface area contributed by atoms with Crippen molar-refractivity contribution >= 4 is 0 Å². The van der Waals surface area contributed by atoms with E-state index >= 15 is 0 Å². The summed E-state index contributed by atoms with van der Waals surface area (Å²) in [5.41, 5.74) is 3.99. The van der Waals surface area contributed by atoms with Gasteiger partial charge in [0.2, 0.25) is 0 Å². The predicted molar refractivity (Wildman–Crippen MR) is 90.0 cm³/mol. The third-order valence-electron chi connectivity index (χ3n) is 5.28. The van der Waals surface area contributed by atoms with Crippen LogP contribution in [-0.2, 0) is 0 Å². The molecule has 0 bridgehead atoms. The normalized spacial score (nSPS) is 23.9. The van der Waals surface area contributed by atoms with Gasteiger partial charge in [0.25, 0.3) is 0 Å². The van der Waals surface area contributed by atoms with Crippen LogP contribution in [0.4, 0.5) is 0 Å². The summed E-state index contributed by atoms with van der Waals surface area (Å²) in [7, 11) is 3.88. The number of ether oxygens (including phenoxy) is 1. The van der Waals surface area contributed by atoms with Gasteiger partial charge < -0.3 is 10.1 Å². The number of rotatable bonds is 5. The Morgan fingerprint density at radius 3 is 2.38 bits per heavy atom. The SMILES string of the molecule is CCC1CCC(C(NC)c2c(C)cc(C)cc2OC)CC1. The number of nitrogens with one attached hydrogen (secondary N) is 1. The molecule has 1 fully saturated rings. The minimum absolute atomic E-state index is 0.415. The molecule has 1 aliphatic rings. The van der Waals surface area contributed by atoms with Crippen LogP contribution in [-0.4, -0.2) is 14.2 Å². The van der Waals surface area contributed by atoms with Crippen LogP contribution >= 0.6 is 0 Å². The van der Waals surface area contributed by atoms with E-state index in [4.69, 9.17) is 4.74 Å². The highest BCUT2D eigenvalue weighted by Gasteiger charge is 2.29. The third kappa shape index (κ3) is 3.60.